The van der Waals surface area contributed by atoms with Gasteiger partial charge in [0.25, 0.3) is 0 Å². The van der Waals surface area contributed by atoms with Crippen molar-refractivity contribution in [2.45, 2.75) is 12.8 Å². The summed E-state index contributed by atoms with van der Waals surface area (Å²) in [6, 6.07) is 15.8. The zero-order chi connectivity index (χ0) is 17.5. The number of amides is 1. The quantitative estimate of drug-likeness (QED) is 0.787. The molecule has 1 aliphatic rings. The first-order chi connectivity index (χ1) is 12.3. The maximum atomic E-state index is 12.2. The van der Waals surface area contributed by atoms with E-state index in [0.29, 0.717) is 31.2 Å². The molecule has 0 radical (unpaired) electrons. The van der Waals surface area contributed by atoms with Crippen molar-refractivity contribution in [3.8, 4) is 11.5 Å². The predicted octanol–water partition coefficient (Wildman–Crippen LogP) is 2.64. The molecule has 5 nitrogen and oxygen atoms in total. The van der Waals surface area contributed by atoms with Crippen LogP contribution in [-0.4, -0.2) is 39.3 Å². The summed E-state index contributed by atoms with van der Waals surface area (Å²) >= 11 is 0. The van der Waals surface area contributed by atoms with Gasteiger partial charge in [-0.15, -0.1) is 0 Å². The van der Waals surface area contributed by atoms with Gasteiger partial charge in [0.05, 0.1) is 20.2 Å². The van der Waals surface area contributed by atoms with Crippen molar-refractivity contribution < 1.29 is 14.3 Å². The Labute approximate surface area is 148 Å². The molecule has 0 unspecified atom stereocenters. The second-order valence-electron chi connectivity index (χ2n) is 6.00. The minimum atomic E-state index is 0.0142. The molecule has 0 spiro atoms. The molecule has 1 N–H and O–H groups in total. The third-order valence-electron chi connectivity index (χ3n) is 4.29. The van der Waals surface area contributed by atoms with Crippen molar-refractivity contribution in [1.29, 1.82) is 0 Å². The van der Waals surface area contributed by atoms with E-state index in [4.69, 9.17) is 9.47 Å². The monoisotopic (exact) mass is 340 g/mol. The van der Waals surface area contributed by atoms with E-state index in [0.717, 1.165) is 19.4 Å². The lowest BCUT2D eigenvalue weighted by Gasteiger charge is -2.30. The zero-order valence-corrected chi connectivity index (χ0v) is 14.5. The van der Waals surface area contributed by atoms with E-state index in [1.165, 1.54) is 11.3 Å². The van der Waals surface area contributed by atoms with Gasteiger partial charge in [-0.05, 0) is 36.6 Å². The molecule has 0 aromatic heterocycles. The number of carbonyl (C=O) groups excluding carboxylic acids is 1. The van der Waals surface area contributed by atoms with E-state index in [-0.39, 0.29) is 5.91 Å². The van der Waals surface area contributed by atoms with Gasteiger partial charge in [-0.25, -0.2) is 0 Å². The SMILES string of the molecule is COc1ccccc1OCCNC(=O)CN1CCCc2ccccc21. The number of hydrogen-bond acceptors (Lipinski definition) is 4. The first-order valence-corrected chi connectivity index (χ1v) is 8.63. The highest BCUT2D eigenvalue weighted by atomic mass is 16.5. The number of nitrogens with one attached hydrogen (secondary N) is 1. The third kappa shape index (κ3) is 4.44. The summed E-state index contributed by atoms with van der Waals surface area (Å²) in [4.78, 5) is 14.4. The van der Waals surface area contributed by atoms with E-state index in [2.05, 4.69) is 28.4 Å². The molecule has 2 aromatic rings. The number of anilines is 1. The van der Waals surface area contributed by atoms with Crippen LogP contribution >= 0.6 is 0 Å². The molecule has 0 saturated carbocycles. The highest BCUT2D eigenvalue weighted by Crippen LogP contribution is 2.26. The summed E-state index contributed by atoms with van der Waals surface area (Å²) in [7, 11) is 1.61. The van der Waals surface area contributed by atoms with Crippen molar-refractivity contribution in [3.05, 3.63) is 54.1 Å². The summed E-state index contributed by atoms with van der Waals surface area (Å²) in [6.45, 7) is 2.17. The number of para-hydroxylation sites is 3. The van der Waals surface area contributed by atoms with Crippen LogP contribution in [0.25, 0.3) is 0 Å². The van der Waals surface area contributed by atoms with Crippen molar-refractivity contribution in [2.75, 3.05) is 38.3 Å². The van der Waals surface area contributed by atoms with Crippen LogP contribution in [0.3, 0.4) is 0 Å². The molecule has 0 saturated heterocycles. The summed E-state index contributed by atoms with van der Waals surface area (Å²) in [5, 5.41) is 2.92. The molecule has 1 aliphatic heterocycles. The van der Waals surface area contributed by atoms with Crippen LogP contribution in [0.15, 0.2) is 48.5 Å². The average molecular weight is 340 g/mol. The highest BCUT2D eigenvalue weighted by molar-refractivity contribution is 5.81. The second-order valence-corrected chi connectivity index (χ2v) is 6.00. The molecule has 0 fully saturated rings. The molecule has 0 bridgehead atoms. The molecule has 0 aliphatic carbocycles. The van der Waals surface area contributed by atoms with Crippen molar-refractivity contribution in [3.63, 3.8) is 0 Å². The molecule has 25 heavy (non-hydrogen) atoms. The van der Waals surface area contributed by atoms with E-state index in [1.54, 1.807) is 7.11 Å². The molecule has 2 aromatic carbocycles. The maximum absolute atomic E-state index is 12.2. The summed E-state index contributed by atoms with van der Waals surface area (Å²) < 4.78 is 10.9. The van der Waals surface area contributed by atoms with Gasteiger partial charge in [0.15, 0.2) is 11.5 Å². The van der Waals surface area contributed by atoms with E-state index in [1.807, 2.05) is 30.3 Å². The summed E-state index contributed by atoms with van der Waals surface area (Å²) in [6.07, 6.45) is 2.17. The third-order valence-corrected chi connectivity index (χ3v) is 4.29. The van der Waals surface area contributed by atoms with Crippen LogP contribution in [0, 0.1) is 0 Å². The Morgan fingerprint density at radius 3 is 2.72 bits per heavy atom. The lowest BCUT2D eigenvalue weighted by atomic mass is 10.0. The van der Waals surface area contributed by atoms with Gasteiger partial charge in [-0.3, -0.25) is 4.79 Å². The van der Waals surface area contributed by atoms with Crippen LogP contribution in [0.4, 0.5) is 5.69 Å². The minimum Gasteiger partial charge on any atom is -0.493 e. The van der Waals surface area contributed by atoms with Crippen LogP contribution in [0.1, 0.15) is 12.0 Å². The molecule has 0 atom stereocenters. The molecular formula is C20H24N2O3. The van der Waals surface area contributed by atoms with Crippen molar-refractivity contribution >= 4 is 11.6 Å². The smallest absolute Gasteiger partial charge is 0.239 e. The van der Waals surface area contributed by atoms with E-state index >= 15 is 0 Å². The fraction of sp³-hybridized carbons (Fsp3) is 0.350. The number of hydrogen-bond donors (Lipinski definition) is 1. The van der Waals surface area contributed by atoms with Gasteiger partial charge in [0.2, 0.25) is 5.91 Å². The lowest BCUT2D eigenvalue weighted by molar-refractivity contribution is -0.119. The number of nitrogens with zero attached hydrogens (tertiary/aromatic N) is 1. The van der Waals surface area contributed by atoms with Crippen LogP contribution in [0.5, 0.6) is 11.5 Å². The number of methoxy groups -OCH3 is 1. The summed E-state index contributed by atoms with van der Waals surface area (Å²) in [5.74, 6) is 1.39. The first kappa shape index (κ1) is 17.1. The number of benzene rings is 2. The second kappa shape index (κ2) is 8.42. The topological polar surface area (TPSA) is 50.8 Å². The summed E-state index contributed by atoms with van der Waals surface area (Å²) in [5.41, 5.74) is 2.50. The lowest BCUT2D eigenvalue weighted by Crippen LogP contribution is -2.40. The molecule has 1 amide bonds. The van der Waals surface area contributed by atoms with E-state index in [9.17, 15) is 4.79 Å². The molecule has 1 heterocycles. The van der Waals surface area contributed by atoms with E-state index < -0.39 is 0 Å². The standard InChI is InChI=1S/C20H24N2O3/c1-24-18-10-4-5-11-19(18)25-14-12-21-20(23)15-22-13-6-8-16-7-2-3-9-17(16)22/h2-5,7,9-11H,6,8,12-15H2,1H3,(H,21,23). The molecular weight excluding hydrogens is 316 g/mol. The Morgan fingerprint density at radius 1 is 1.12 bits per heavy atom. The average Bonchev–Trinajstić information content (AvgIpc) is 2.66. The predicted molar refractivity (Wildman–Crippen MR) is 98.5 cm³/mol. The number of rotatable bonds is 7. The maximum Gasteiger partial charge on any atom is 0.239 e. The van der Waals surface area contributed by atoms with Gasteiger partial charge in [-0.1, -0.05) is 30.3 Å². The fourth-order valence-electron chi connectivity index (χ4n) is 3.09. The first-order valence-electron chi connectivity index (χ1n) is 8.63. The van der Waals surface area contributed by atoms with Crippen molar-refractivity contribution in [2.24, 2.45) is 0 Å². The fourth-order valence-corrected chi connectivity index (χ4v) is 3.09. The molecule has 132 valence electrons. The largest absolute Gasteiger partial charge is 0.493 e. The Bertz CT molecular complexity index is 718. The van der Waals surface area contributed by atoms with Gasteiger partial charge in [-0.2, -0.15) is 0 Å². The Balaban J connectivity index is 1.45. The number of carbonyl (C=O) groups is 1. The van der Waals surface area contributed by atoms with Gasteiger partial charge >= 0.3 is 0 Å². The Hall–Kier alpha value is -2.69. The number of fused-ring (bicyclic) bond motifs is 1. The normalized spacial score (nSPS) is 13.1. The molecule has 5 heteroatoms. The zero-order valence-electron chi connectivity index (χ0n) is 14.5. The molecule has 3 rings (SSSR count). The number of ether oxygens (including phenoxy) is 2. The van der Waals surface area contributed by atoms with Crippen LogP contribution < -0.4 is 19.7 Å². The van der Waals surface area contributed by atoms with Gasteiger partial charge in [0.1, 0.15) is 6.61 Å². The van der Waals surface area contributed by atoms with Gasteiger partial charge in [0, 0.05) is 12.2 Å². The van der Waals surface area contributed by atoms with Gasteiger partial charge < -0.3 is 19.7 Å². The minimum absolute atomic E-state index is 0.0142. The highest BCUT2D eigenvalue weighted by Gasteiger charge is 2.18. The Kier molecular flexibility index (Phi) is 5.77. The van der Waals surface area contributed by atoms with Crippen LogP contribution in [-0.2, 0) is 11.2 Å². The Morgan fingerprint density at radius 2 is 1.88 bits per heavy atom. The van der Waals surface area contributed by atoms with Crippen molar-refractivity contribution in [1.82, 2.24) is 5.32 Å². The number of aryl methyl sites for hydroxylation is 1. The van der Waals surface area contributed by atoms with Crippen LogP contribution in [0.2, 0.25) is 0 Å².